The molecule has 1 aliphatic heterocycles. The summed E-state index contributed by atoms with van der Waals surface area (Å²) in [4.78, 5) is 29.0. The Kier molecular flexibility index (Phi) is 3.26. The van der Waals surface area contributed by atoms with Gasteiger partial charge < -0.3 is 5.32 Å². The topological polar surface area (TPSA) is 79.8 Å². The number of benzene rings is 1. The predicted octanol–water partition coefficient (Wildman–Crippen LogP) is 2.78. The van der Waals surface area contributed by atoms with E-state index in [0.717, 1.165) is 16.5 Å². The molecular formula is C18H18N4O2. The van der Waals surface area contributed by atoms with Crippen LogP contribution >= 0.6 is 0 Å². The minimum Gasteiger partial charge on any atom is -0.311 e. The highest BCUT2D eigenvalue weighted by Crippen LogP contribution is 2.36. The molecule has 1 amide bonds. The lowest BCUT2D eigenvalue weighted by molar-refractivity contribution is -0.116. The van der Waals surface area contributed by atoms with Crippen molar-refractivity contribution >= 4 is 22.6 Å². The molecule has 1 unspecified atom stereocenters. The summed E-state index contributed by atoms with van der Waals surface area (Å²) in [7, 11) is 0. The first kappa shape index (κ1) is 14.7. The molecule has 24 heavy (non-hydrogen) atoms. The first-order valence-electron chi connectivity index (χ1n) is 8.03. The zero-order valence-corrected chi connectivity index (χ0v) is 13.5. The molecule has 0 radical (unpaired) electrons. The van der Waals surface area contributed by atoms with Gasteiger partial charge in [-0.25, -0.2) is 0 Å². The lowest BCUT2D eigenvalue weighted by atomic mass is 9.86. The Morgan fingerprint density at radius 1 is 1.25 bits per heavy atom. The smallest absolute Gasteiger partial charge is 0.270 e. The molecule has 1 aromatic carbocycles. The molecule has 2 aromatic heterocycles. The van der Waals surface area contributed by atoms with Gasteiger partial charge in [-0.15, -0.1) is 0 Å². The third-order valence-electron chi connectivity index (χ3n) is 4.50. The maximum atomic E-state index is 12.5. The highest BCUT2D eigenvalue weighted by molar-refractivity contribution is 5.94. The normalized spacial score (nSPS) is 17.1. The summed E-state index contributed by atoms with van der Waals surface area (Å²) in [6, 6.07) is 9.83. The van der Waals surface area contributed by atoms with Gasteiger partial charge in [0.1, 0.15) is 5.82 Å². The molecule has 0 spiro atoms. The number of amides is 1. The Morgan fingerprint density at radius 2 is 2.08 bits per heavy atom. The van der Waals surface area contributed by atoms with E-state index in [0.29, 0.717) is 11.4 Å². The van der Waals surface area contributed by atoms with E-state index >= 15 is 0 Å². The van der Waals surface area contributed by atoms with E-state index in [9.17, 15) is 9.59 Å². The van der Waals surface area contributed by atoms with Crippen LogP contribution in [0, 0.1) is 0 Å². The Balaban J connectivity index is 1.90. The molecule has 6 heteroatoms. The summed E-state index contributed by atoms with van der Waals surface area (Å²) in [6.07, 6.45) is 2.02. The highest BCUT2D eigenvalue weighted by Gasteiger charge is 2.33. The average molecular weight is 322 g/mol. The van der Waals surface area contributed by atoms with Crippen LogP contribution in [0.2, 0.25) is 0 Å². The minimum absolute atomic E-state index is 0.0568. The van der Waals surface area contributed by atoms with Crippen molar-refractivity contribution in [3.63, 3.8) is 0 Å². The maximum absolute atomic E-state index is 12.5. The summed E-state index contributed by atoms with van der Waals surface area (Å²) in [6.45, 7) is 3.93. The summed E-state index contributed by atoms with van der Waals surface area (Å²) in [5.41, 5.74) is 2.34. The molecule has 6 nitrogen and oxygen atoms in total. The van der Waals surface area contributed by atoms with Crippen LogP contribution in [-0.4, -0.2) is 20.7 Å². The number of aromatic amines is 1. The Labute approximate surface area is 138 Å². The van der Waals surface area contributed by atoms with Crippen molar-refractivity contribution in [3.8, 4) is 0 Å². The van der Waals surface area contributed by atoms with Crippen molar-refractivity contribution in [2.45, 2.75) is 32.2 Å². The van der Waals surface area contributed by atoms with Crippen molar-refractivity contribution in [3.05, 3.63) is 58.0 Å². The molecule has 2 N–H and O–H groups in total. The molecule has 0 aliphatic carbocycles. The molecule has 0 saturated heterocycles. The number of aromatic nitrogens is 3. The fourth-order valence-electron chi connectivity index (χ4n) is 3.37. The second kappa shape index (κ2) is 5.33. The zero-order chi connectivity index (χ0) is 16.8. The number of nitrogens with one attached hydrogen (secondary N) is 2. The Bertz CT molecular complexity index is 1000. The number of H-pyrrole nitrogens is 1. The lowest BCUT2D eigenvalue weighted by Crippen LogP contribution is -2.27. The van der Waals surface area contributed by atoms with Crippen molar-refractivity contribution in [2.75, 3.05) is 5.32 Å². The van der Waals surface area contributed by atoms with Gasteiger partial charge in [-0.3, -0.25) is 24.4 Å². The number of hydrogen-bond donors (Lipinski definition) is 2. The zero-order valence-electron chi connectivity index (χ0n) is 13.5. The fraction of sp³-hybridized carbons (Fsp3) is 0.278. The number of anilines is 1. The van der Waals surface area contributed by atoms with Crippen LogP contribution in [0.1, 0.15) is 43.4 Å². The van der Waals surface area contributed by atoms with Gasteiger partial charge in [0.2, 0.25) is 5.91 Å². The number of nitrogens with zero attached hydrogens (tertiary/aromatic N) is 2. The van der Waals surface area contributed by atoms with E-state index in [-0.39, 0.29) is 29.8 Å². The Hall–Kier alpha value is -2.89. The van der Waals surface area contributed by atoms with Crippen LogP contribution in [0.4, 0.5) is 5.82 Å². The van der Waals surface area contributed by atoms with Gasteiger partial charge in [-0.05, 0) is 37.6 Å². The summed E-state index contributed by atoms with van der Waals surface area (Å²) in [5.74, 6) is 0.261. The molecule has 1 atom stereocenters. The molecule has 4 rings (SSSR count). The van der Waals surface area contributed by atoms with Gasteiger partial charge in [0, 0.05) is 30.0 Å². The fourth-order valence-corrected chi connectivity index (χ4v) is 3.37. The first-order valence-corrected chi connectivity index (χ1v) is 8.03. The molecular weight excluding hydrogens is 304 g/mol. The molecule has 3 heterocycles. The number of fused-ring (bicyclic) bond motifs is 2. The van der Waals surface area contributed by atoms with E-state index in [1.54, 1.807) is 10.9 Å². The van der Waals surface area contributed by atoms with Crippen LogP contribution in [0.3, 0.4) is 0 Å². The average Bonchev–Trinajstić information content (AvgIpc) is 2.90. The van der Waals surface area contributed by atoms with Crippen LogP contribution in [0.25, 0.3) is 10.9 Å². The van der Waals surface area contributed by atoms with Crippen molar-refractivity contribution in [1.29, 1.82) is 0 Å². The van der Waals surface area contributed by atoms with E-state index in [1.807, 2.05) is 44.2 Å². The van der Waals surface area contributed by atoms with Gasteiger partial charge in [0.25, 0.3) is 5.56 Å². The van der Waals surface area contributed by atoms with Gasteiger partial charge in [-0.1, -0.05) is 12.1 Å². The van der Waals surface area contributed by atoms with E-state index in [2.05, 4.69) is 15.4 Å². The second-order valence-electron chi connectivity index (χ2n) is 6.43. The number of pyridine rings is 1. The lowest BCUT2D eigenvalue weighted by Gasteiger charge is -2.24. The summed E-state index contributed by atoms with van der Waals surface area (Å²) < 4.78 is 1.73. The second-order valence-corrected chi connectivity index (χ2v) is 6.43. The molecule has 122 valence electrons. The molecule has 0 bridgehead atoms. The quantitative estimate of drug-likeness (QED) is 0.761. The summed E-state index contributed by atoms with van der Waals surface area (Å²) >= 11 is 0. The van der Waals surface area contributed by atoms with Crippen molar-refractivity contribution in [1.82, 2.24) is 14.8 Å². The van der Waals surface area contributed by atoms with Crippen LogP contribution in [-0.2, 0) is 4.79 Å². The monoisotopic (exact) mass is 322 g/mol. The molecule has 0 saturated carbocycles. The number of carbonyl (C=O) groups is 1. The van der Waals surface area contributed by atoms with Gasteiger partial charge in [-0.2, -0.15) is 0 Å². The van der Waals surface area contributed by atoms with Gasteiger partial charge in [0.05, 0.1) is 11.1 Å². The molecule has 1 aliphatic rings. The standard InChI is InChI=1S/C18H18N4O2/c1-10(2)22-17-16(18(24)21-22)13(9-15(23)20-17)11-5-6-14-12(8-11)4-3-7-19-14/h3-8,10,13H,9H2,1-2H3,(H,20,23)(H,21,24). The minimum atomic E-state index is -0.248. The first-order chi connectivity index (χ1) is 11.5. The maximum Gasteiger partial charge on any atom is 0.270 e. The third kappa shape index (κ3) is 2.22. The van der Waals surface area contributed by atoms with Crippen LogP contribution < -0.4 is 10.9 Å². The highest BCUT2D eigenvalue weighted by atomic mass is 16.2. The number of rotatable bonds is 2. The Morgan fingerprint density at radius 3 is 2.88 bits per heavy atom. The largest absolute Gasteiger partial charge is 0.311 e. The molecule has 3 aromatic rings. The third-order valence-corrected chi connectivity index (χ3v) is 4.50. The SMILES string of the molecule is CC(C)n1[nH]c(=O)c2c1NC(=O)CC2c1ccc2ncccc2c1. The summed E-state index contributed by atoms with van der Waals surface area (Å²) in [5, 5.41) is 6.70. The van der Waals surface area contributed by atoms with Crippen LogP contribution in [0.5, 0.6) is 0 Å². The predicted molar refractivity (Wildman–Crippen MR) is 92.3 cm³/mol. The van der Waals surface area contributed by atoms with E-state index in [4.69, 9.17) is 0 Å². The molecule has 0 fully saturated rings. The van der Waals surface area contributed by atoms with Gasteiger partial charge in [0.15, 0.2) is 0 Å². The number of hydrogen-bond acceptors (Lipinski definition) is 3. The number of carbonyl (C=O) groups excluding carboxylic acids is 1. The van der Waals surface area contributed by atoms with Gasteiger partial charge >= 0.3 is 0 Å². The van der Waals surface area contributed by atoms with Crippen molar-refractivity contribution in [2.24, 2.45) is 0 Å². The van der Waals surface area contributed by atoms with Crippen LogP contribution in [0.15, 0.2) is 41.3 Å². The van der Waals surface area contributed by atoms with E-state index in [1.165, 1.54) is 0 Å². The van der Waals surface area contributed by atoms with Crippen molar-refractivity contribution < 1.29 is 4.79 Å². The van der Waals surface area contributed by atoms with E-state index < -0.39 is 0 Å².